The van der Waals surface area contributed by atoms with E-state index in [4.69, 9.17) is 9.57 Å². The number of nitrogens with zero attached hydrogens (tertiary/aromatic N) is 1. The number of esters is 1. The summed E-state index contributed by atoms with van der Waals surface area (Å²) in [5, 5.41) is 3.96. The lowest BCUT2D eigenvalue weighted by Crippen LogP contribution is -2.36. The van der Waals surface area contributed by atoms with Crippen LogP contribution < -0.4 is 0 Å². The molecule has 1 heterocycles. The van der Waals surface area contributed by atoms with E-state index in [1.165, 1.54) is 7.11 Å². The van der Waals surface area contributed by atoms with Gasteiger partial charge in [0.05, 0.1) is 12.8 Å². The van der Waals surface area contributed by atoms with Gasteiger partial charge in [0.15, 0.2) is 0 Å². The van der Waals surface area contributed by atoms with Crippen LogP contribution in [0.15, 0.2) is 33.9 Å². The second kappa shape index (κ2) is 4.49. The first-order chi connectivity index (χ1) is 8.05. The van der Waals surface area contributed by atoms with Gasteiger partial charge in [0.25, 0.3) is 0 Å². The van der Waals surface area contributed by atoms with Gasteiger partial charge in [-0.1, -0.05) is 33.2 Å². The molecule has 0 spiro atoms. The van der Waals surface area contributed by atoms with Gasteiger partial charge in [0.1, 0.15) is 0 Å². The highest BCUT2D eigenvalue weighted by molar-refractivity contribution is 9.10. The van der Waals surface area contributed by atoms with Gasteiger partial charge >= 0.3 is 5.97 Å². The number of carbonyl (C=O) groups excluding carboxylic acids is 1. The molecule has 4 nitrogen and oxygen atoms in total. The molecule has 1 aliphatic heterocycles. The molecule has 1 aliphatic rings. The first kappa shape index (κ1) is 12.1. The Bertz CT molecular complexity index is 469. The predicted molar refractivity (Wildman–Crippen MR) is 66.8 cm³/mol. The topological polar surface area (TPSA) is 47.9 Å². The molecule has 0 fully saturated rings. The average Bonchev–Trinajstić information content (AvgIpc) is 2.73. The normalized spacial score (nSPS) is 22.9. The van der Waals surface area contributed by atoms with Crippen LogP contribution in [0.2, 0.25) is 0 Å². The highest BCUT2D eigenvalue weighted by Gasteiger charge is 2.43. The molecule has 90 valence electrons. The summed E-state index contributed by atoms with van der Waals surface area (Å²) in [6.07, 6.45) is 0.418. The largest absolute Gasteiger partial charge is 0.466 e. The second-order valence-corrected chi connectivity index (χ2v) is 4.95. The van der Waals surface area contributed by atoms with E-state index in [1.54, 1.807) is 6.92 Å². The monoisotopic (exact) mass is 297 g/mol. The number of oxime groups is 1. The molecular formula is C12H12BrNO3. The Kier molecular flexibility index (Phi) is 3.19. The molecule has 1 unspecified atom stereocenters. The van der Waals surface area contributed by atoms with Gasteiger partial charge in [-0.15, -0.1) is 0 Å². The third-order valence-corrected chi connectivity index (χ3v) is 3.19. The summed E-state index contributed by atoms with van der Waals surface area (Å²) in [5.41, 5.74) is 0.697. The molecule has 5 heteroatoms. The molecule has 0 radical (unpaired) electrons. The average molecular weight is 298 g/mol. The van der Waals surface area contributed by atoms with Crippen molar-refractivity contribution < 1.29 is 14.4 Å². The molecule has 2 rings (SSSR count). The quantitative estimate of drug-likeness (QED) is 0.788. The summed E-state index contributed by atoms with van der Waals surface area (Å²) in [6.45, 7) is 1.67. The Morgan fingerprint density at radius 2 is 2.12 bits per heavy atom. The molecule has 0 N–H and O–H groups in total. The summed E-state index contributed by atoms with van der Waals surface area (Å²) in [5.74, 6) is -0.409. The fourth-order valence-electron chi connectivity index (χ4n) is 1.66. The Balaban J connectivity index is 2.17. The standard InChI is InChI=1S/C12H12BrNO3/c1-12(11(15)16-2)7-10(14-17-12)8-3-5-9(13)6-4-8/h3-6H,7H2,1-2H3. The van der Waals surface area contributed by atoms with Gasteiger partial charge < -0.3 is 9.57 Å². The molecule has 0 aromatic heterocycles. The van der Waals surface area contributed by atoms with Crippen LogP contribution in [-0.4, -0.2) is 24.4 Å². The van der Waals surface area contributed by atoms with Crippen molar-refractivity contribution in [3.8, 4) is 0 Å². The number of ether oxygens (including phenoxy) is 1. The highest BCUT2D eigenvalue weighted by Crippen LogP contribution is 2.28. The Labute approximate surface area is 108 Å². The van der Waals surface area contributed by atoms with E-state index < -0.39 is 11.6 Å². The maximum atomic E-state index is 11.5. The smallest absolute Gasteiger partial charge is 0.353 e. The Morgan fingerprint density at radius 3 is 2.71 bits per heavy atom. The fraction of sp³-hybridized carbons (Fsp3) is 0.333. The van der Waals surface area contributed by atoms with Crippen LogP contribution in [0, 0.1) is 0 Å². The maximum Gasteiger partial charge on any atom is 0.353 e. The van der Waals surface area contributed by atoms with Gasteiger partial charge in [-0.25, -0.2) is 4.79 Å². The summed E-state index contributed by atoms with van der Waals surface area (Å²) in [4.78, 5) is 16.7. The lowest BCUT2D eigenvalue weighted by atomic mass is 9.96. The first-order valence-electron chi connectivity index (χ1n) is 5.14. The number of benzene rings is 1. The minimum absolute atomic E-state index is 0.409. The minimum atomic E-state index is -1.00. The SMILES string of the molecule is COC(=O)C1(C)CC(c2ccc(Br)cc2)=NO1. The predicted octanol–water partition coefficient (Wildman–Crippen LogP) is 2.51. The molecule has 0 saturated heterocycles. The van der Waals surface area contributed by atoms with Crippen LogP contribution >= 0.6 is 15.9 Å². The lowest BCUT2D eigenvalue weighted by molar-refractivity contribution is -0.164. The molecule has 1 aromatic rings. The molecule has 0 bridgehead atoms. The maximum absolute atomic E-state index is 11.5. The van der Waals surface area contributed by atoms with Gasteiger partial charge in [0.2, 0.25) is 5.60 Å². The van der Waals surface area contributed by atoms with Crippen molar-refractivity contribution in [2.24, 2.45) is 5.16 Å². The van der Waals surface area contributed by atoms with E-state index in [-0.39, 0.29) is 0 Å². The van der Waals surface area contributed by atoms with Gasteiger partial charge in [-0.2, -0.15) is 0 Å². The lowest BCUT2D eigenvalue weighted by Gasteiger charge is -2.17. The highest BCUT2D eigenvalue weighted by atomic mass is 79.9. The van der Waals surface area contributed by atoms with E-state index >= 15 is 0 Å². The molecule has 0 saturated carbocycles. The second-order valence-electron chi connectivity index (χ2n) is 4.04. The van der Waals surface area contributed by atoms with Crippen molar-refractivity contribution in [3.63, 3.8) is 0 Å². The molecule has 17 heavy (non-hydrogen) atoms. The summed E-state index contributed by atoms with van der Waals surface area (Å²) in [6, 6.07) is 7.70. The zero-order valence-corrected chi connectivity index (χ0v) is 11.2. The fourth-order valence-corrected chi connectivity index (χ4v) is 1.93. The third-order valence-electron chi connectivity index (χ3n) is 2.66. The Hall–Kier alpha value is -1.36. The zero-order valence-electron chi connectivity index (χ0n) is 9.57. The van der Waals surface area contributed by atoms with Crippen LogP contribution in [-0.2, 0) is 14.4 Å². The van der Waals surface area contributed by atoms with Crippen LogP contribution in [0.4, 0.5) is 0 Å². The number of methoxy groups -OCH3 is 1. The summed E-state index contributed by atoms with van der Waals surface area (Å²) in [7, 11) is 1.34. The van der Waals surface area contributed by atoms with E-state index in [2.05, 4.69) is 21.1 Å². The number of rotatable bonds is 2. The molecule has 0 aliphatic carbocycles. The van der Waals surface area contributed by atoms with Gasteiger partial charge in [0, 0.05) is 10.9 Å². The summed E-state index contributed by atoms with van der Waals surface area (Å²) >= 11 is 3.37. The van der Waals surface area contributed by atoms with Crippen LogP contribution in [0.1, 0.15) is 18.9 Å². The van der Waals surface area contributed by atoms with E-state index in [9.17, 15) is 4.79 Å². The van der Waals surface area contributed by atoms with Gasteiger partial charge in [-0.3, -0.25) is 0 Å². The third kappa shape index (κ3) is 2.34. The van der Waals surface area contributed by atoms with E-state index in [1.807, 2.05) is 24.3 Å². The van der Waals surface area contributed by atoms with Crippen LogP contribution in [0.5, 0.6) is 0 Å². The Morgan fingerprint density at radius 1 is 1.47 bits per heavy atom. The minimum Gasteiger partial charge on any atom is -0.466 e. The molecular weight excluding hydrogens is 286 g/mol. The first-order valence-corrected chi connectivity index (χ1v) is 5.94. The van der Waals surface area contributed by atoms with E-state index in [0.717, 1.165) is 15.7 Å². The van der Waals surface area contributed by atoms with Crippen LogP contribution in [0.3, 0.4) is 0 Å². The number of hydrogen-bond donors (Lipinski definition) is 0. The van der Waals surface area contributed by atoms with Crippen LogP contribution in [0.25, 0.3) is 0 Å². The number of halogens is 1. The van der Waals surface area contributed by atoms with Crippen molar-refractivity contribution in [1.29, 1.82) is 0 Å². The van der Waals surface area contributed by atoms with Crippen molar-refractivity contribution in [2.45, 2.75) is 18.9 Å². The van der Waals surface area contributed by atoms with Crippen molar-refractivity contribution in [2.75, 3.05) is 7.11 Å². The van der Waals surface area contributed by atoms with E-state index in [0.29, 0.717) is 6.42 Å². The number of hydrogen-bond acceptors (Lipinski definition) is 4. The van der Waals surface area contributed by atoms with Crippen molar-refractivity contribution in [3.05, 3.63) is 34.3 Å². The molecule has 1 atom stereocenters. The zero-order chi connectivity index (χ0) is 12.5. The van der Waals surface area contributed by atoms with Gasteiger partial charge in [-0.05, 0) is 24.6 Å². The molecule has 1 aromatic carbocycles. The molecule has 0 amide bonds. The van der Waals surface area contributed by atoms with Crippen molar-refractivity contribution >= 4 is 27.6 Å². The van der Waals surface area contributed by atoms with Crippen molar-refractivity contribution in [1.82, 2.24) is 0 Å². The summed E-state index contributed by atoms with van der Waals surface area (Å²) < 4.78 is 5.69. The number of carbonyl (C=O) groups is 1.